The molecule has 3 nitrogen and oxygen atoms in total. The fourth-order valence-electron chi connectivity index (χ4n) is 1.57. The second-order valence-corrected chi connectivity index (χ2v) is 5.09. The molecule has 1 aliphatic rings. The van der Waals surface area contributed by atoms with Crippen LogP contribution in [0.4, 0.5) is 0 Å². The van der Waals surface area contributed by atoms with Crippen molar-refractivity contribution in [2.75, 3.05) is 0 Å². The number of nitrogens with one attached hydrogen (secondary N) is 2. The lowest BCUT2D eigenvalue weighted by atomic mass is 10.3. The van der Waals surface area contributed by atoms with E-state index in [1.165, 1.54) is 12.8 Å². The summed E-state index contributed by atoms with van der Waals surface area (Å²) < 4.78 is 1.11. The lowest BCUT2D eigenvalue weighted by molar-refractivity contribution is -0.366. The Bertz CT molecular complexity index is 504. The molecule has 3 rings (SSSR count). The van der Waals surface area contributed by atoms with E-state index in [4.69, 9.17) is 11.6 Å². The normalized spacial score (nSPS) is 16.4. The van der Waals surface area contributed by atoms with E-state index in [0.717, 1.165) is 20.4 Å². The quantitative estimate of drug-likeness (QED) is 0.637. The molecule has 2 aromatic heterocycles. The average molecular weight is 321 g/mol. The molecule has 72 valence electrons. The van der Waals surface area contributed by atoms with Gasteiger partial charge in [-0.3, -0.25) is 4.98 Å². The van der Waals surface area contributed by atoms with Crippen LogP contribution in [0.2, 0.25) is 5.15 Å². The van der Waals surface area contributed by atoms with Gasteiger partial charge in [0.05, 0.1) is 9.77 Å². The number of nitrogens with zero attached hydrogens (tertiary/aromatic N) is 1. The zero-order valence-electron chi connectivity index (χ0n) is 7.27. The second-order valence-electron chi connectivity index (χ2n) is 3.57. The van der Waals surface area contributed by atoms with Crippen molar-refractivity contribution in [2.24, 2.45) is 0 Å². The maximum atomic E-state index is 6.12. The summed E-state index contributed by atoms with van der Waals surface area (Å²) in [7, 11) is 0. The molecule has 0 bridgehead atoms. The molecule has 0 unspecified atom stereocenters. The molecule has 2 N–H and O–H groups in total. The summed E-state index contributed by atoms with van der Waals surface area (Å²) in [6.45, 7) is 0. The Hall–Kier alpha value is -0.360. The van der Waals surface area contributed by atoms with Crippen LogP contribution in [-0.2, 0) is 0 Å². The van der Waals surface area contributed by atoms with Crippen molar-refractivity contribution in [1.82, 2.24) is 9.97 Å². The van der Waals surface area contributed by atoms with Crippen molar-refractivity contribution in [3.63, 3.8) is 0 Å². The predicted octanol–water partition coefficient (Wildman–Crippen LogP) is 2.51. The van der Waals surface area contributed by atoms with Gasteiger partial charge in [-0.1, -0.05) is 4.98 Å². The van der Waals surface area contributed by atoms with E-state index in [1.54, 1.807) is 0 Å². The van der Waals surface area contributed by atoms with Gasteiger partial charge < -0.3 is 0 Å². The van der Waals surface area contributed by atoms with Crippen LogP contribution in [0.5, 0.6) is 0 Å². The summed E-state index contributed by atoms with van der Waals surface area (Å²) in [5.74, 6) is 1.61. The zero-order valence-corrected chi connectivity index (χ0v) is 10.2. The molecule has 2 aromatic rings. The van der Waals surface area contributed by atoms with Gasteiger partial charge in [-0.25, -0.2) is 4.98 Å². The standard InChI is InChI=1S/C9H7ClIN3/c10-7-6-5(11)3-12-9(6)14-8(13-7)4-1-2-4/h3-4H,1-2H2,(H,12,13,14)/p+1. The van der Waals surface area contributed by atoms with Crippen molar-refractivity contribution in [1.29, 1.82) is 0 Å². The maximum absolute atomic E-state index is 6.12. The van der Waals surface area contributed by atoms with Crippen molar-refractivity contribution < 1.29 is 4.98 Å². The van der Waals surface area contributed by atoms with Gasteiger partial charge in [0.2, 0.25) is 16.6 Å². The molecule has 0 atom stereocenters. The van der Waals surface area contributed by atoms with Gasteiger partial charge in [0, 0.05) is 5.92 Å². The van der Waals surface area contributed by atoms with Crippen molar-refractivity contribution in [2.45, 2.75) is 18.8 Å². The van der Waals surface area contributed by atoms with Gasteiger partial charge in [0.1, 0.15) is 5.39 Å². The molecular weight excluding hydrogens is 312 g/mol. The lowest BCUT2D eigenvalue weighted by Crippen LogP contribution is -2.14. The number of rotatable bonds is 1. The van der Waals surface area contributed by atoms with Crippen molar-refractivity contribution >= 4 is 45.2 Å². The topological polar surface area (TPSA) is 42.8 Å². The SMILES string of the molecule is Clc1nc(C2CC2)[nH+]c2[nH]cc(I)c12. The summed E-state index contributed by atoms with van der Waals surface area (Å²) in [6.07, 6.45) is 4.39. The Morgan fingerprint density at radius 2 is 2.36 bits per heavy atom. The van der Waals surface area contributed by atoms with Gasteiger partial charge in [0.25, 0.3) is 0 Å². The highest BCUT2D eigenvalue weighted by Crippen LogP contribution is 2.38. The first-order valence-electron chi connectivity index (χ1n) is 4.51. The van der Waals surface area contributed by atoms with Gasteiger partial charge in [0.15, 0.2) is 0 Å². The highest BCUT2D eigenvalue weighted by Gasteiger charge is 2.31. The Morgan fingerprint density at radius 1 is 1.57 bits per heavy atom. The van der Waals surface area contributed by atoms with E-state index in [2.05, 4.69) is 37.5 Å². The molecule has 1 fully saturated rings. The largest absolute Gasteiger partial charge is 0.278 e. The van der Waals surface area contributed by atoms with E-state index in [0.29, 0.717) is 11.1 Å². The number of aromatic nitrogens is 3. The van der Waals surface area contributed by atoms with E-state index in [9.17, 15) is 0 Å². The Kier molecular flexibility index (Phi) is 1.95. The van der Waals surface area contributed by atoms with E-state index in [-0.39, 0.29) is 0 Å². The first kappa shape index (κ1) is 8.91. The van der Waals surface area contributed by atoms with Gasteiger partial charge >= 0.3 is 0 Å². The van der Waals surface area contributed by atoms with Crippen LogP contribution >= 0.6 is 34.2 Å². The van der Waals surface area contributed by atoms with Crippen molar-refractivity contribution in [3.8, 4) is 0 Å². The molecule has 1 aliphatic carbocycles. The third-order valence-corrected chi connectivity index (χ3v) is 3.60. The Morgan fingerprint density at radius 3 is 3.07 bits per heavy atom. The van der Waals surface area contributed by atoms with Crippen LogP contribution in [0, 0.1) is 3.57 Å². The molecule has 0 spiro atoms. The molecule has 0 saturated heterocycles. The monoisotopic (exact) mass is 320 g/mol. The number of fused-ring (bicyclic) bond motifs is 1. The second kappa shape index (κ2) is 3.06. The van der Waals surface area contributed by atoms with Gasteiger partial charge in [-0.15, -0.1) is 0 Å². The third-order valence-electron chi connectivity index (χ3n) is 2.47. The summed E-state index contributed by atoms with van der Waals surface area (Å²) in [4.78, 5) is 10.8. The molecule has 0 aromatic carbocycles. The van der Waals surface area contributed by atoms with Crippen LogP contribution in [0.25, 0.3) is 11.0 Å². The third kappa shape index (κ3) is 1.32. The maximum Gasteiger partial charge on any atom is 0.240 e. The number of halogens is 2. The minimum absolute atomic E-state index is 0.595. The Balaban J connectivity index is 2.29. The first-order chi connectivity index (χ1) is 6.75. The predicted molar refractivity (Wildman–Crippen MR) is 62.4 cm³/mol. The molecule has 0 aliphatic heterocycles. The highest BCUT2D eigenvalue weighted by molar-refractivity contribution is 14.1. The number of aromatic amines is 2. The minimum Gasteiger partial charge on any atom is -0.278 e. The fourth-order valence-corrected chi connectivity index (χ4v) is 2.69. The van der Waals surface area contributed by atoms with E-state index < -0.39 is 0 Å². The van der Waals surface area contributed by atoms with Crippen LogP contribution in [-0.4, -0.2) is 9.97 Å². The Labute approximate surface area is 99.4 Å². The highest BCUT2D eigenvalue weighted by atomic mass is 127. The summed E-state index contributed by atoms with van der Waals surface area (Å²) >= 11 is 8.37. The van der Waals surface area contributed by atoms with Crippen LogP contribution < -0.4 is 4.98 Å². The van der Waals surface area contributed by atoms with E-state index >= 15 is 0 Å². The van der Waals surface area contributed by atoms with Crippen molar-refractivity contribution in [3.05, 3.63) is 20.7 Å². The van der Waals surface area contributed by atoms with E-state index in [1.807, 2.05) is 6.20 Å². The summed E-state index contributed by atoms with van der Waals surface area (Å²) in [5, 5.41) is 1.60. The lowest BCUT2D eigenvalue weighted by Gasteiger charge is -1.93. The van der Waals surface area contributed by atoms with Crippen LogP contribution in [0.15, 0.2) is 6.20 Å². The smallest absolute Gasteiger partial charge is 0.240 e. The molecule has 2 heterocycles. The number of hydrogen-bond acceptors (Lipinski definition) is 1. The number of H-pyrrole nitrogens is 2. The summed E-state index contributed by atoms with van der Waals surface area (Å²) in [5.41, 5.74) is 0.983. The van der Waals surface area contributed by atoms with Crippen LogP contribution in [0.3, 0.4) is 0 Å². The minimum atomic E-state index is 0.595. The number of hydrogen-bond donors (Lipinski definition) is 1. The summed E-state index contributed by atoms with van der Waals surface area (Å²) in [6, 6.07) is 0. The molecule has 5 heteroatoms. The fraction of sp³-hybridized carbons (Fsp3) is 0.333. The molecule has 0 radical (unpaired) electrons. The average Bonchev–Trinajstić information content (AvgIpc) is 2.92. The first-order valence-corrected chi connectivity index (χ1v) is 5.96. The molecule has 14 heavy (non-hydrogen) atoms. The van der Waals surface area contributed by atoms with Gasteiger partial charge in [-0.05, 0) is 47.0 Å². The van der Waals surface area contributed by atoms with Crippen LogP contribution in [0.1, 0.15) is 24.6 Å². The zero-order chi connectivity index (χ0) is 9.71. The van der Waals surface area contributed by atoms with Gasteiger partial charge in [-0.2, -0.15) is 0 Å². The molecule has 0 amide bonds. The molecular formula is C9H8ClIN3+. The molecule has 1 saturated carbocycles.